The van der Waals surface area contributed by atoms with E-state index in [9.17, 15) is 4.79 Å². The minimum atomic E-state index is 0.180. The maximum Gasteiger partial charge on any atom is 0.170 e. The third kappa shape index (κ3) is 2.04. The van der Waals surface area contributed by atoms with Gasteiger partial charge in [0.1, 0.15) is 0 Å². The minimum absolute atomic E-state index is 0.180. The maximum absolute atomic E-state index is 11.8. The van der Waals surface area contributed by atoms with E-state index in [2.05, 4.69) is 11.6 Å². The molecule has 2 rings (SSSR count). The number of para-hydroxylation sites is 1. The molecule has 0 saturated carbocycles. The van der Waals surface area contributed by atoms with Crippen LogP contribution in [-0.4, -0.2) is 11.5 Å². The highest BCUT2D eigenvalue weighted by Crippen LogP contribution is 2.26. The summed E-state index contributed by atoms with van der Waals surface area (Å²) >= 11 is 0. The second-order valence-electron chi connectivity index (χ2n) is 3.62. The van der Waals surface area contributed by atoms with Crippen molar-refractivity contribution < 1.29 is 4.79 Å². The lowest BCUT2D eigenvalue weighted by Crippen LogP contribution is -2.12. The van der Waals surface area contributed by atoms with E-state index >= 15 is 0 Å². The van der Waals surface area contributed by atoms with Crippen molar-refractivity contribution in [2.75, 3.05) is 0 Å². The van der Waals surface area contributed by atoms with E-state index in [1.165, 1.54) is 0 Å². The zero-order valence-corrected chi connectivity index (χ0v) is 8.57. The van der Waals surface area contributed by atoms with Crippen LogP contribution in [0.2, 0.25) is 0 Å². The fourth-order valence-corrected chi connectivity index (χ4v) is 1.71. The van der Waals surface area contributed by atoms with Crippen molar-refractivity contribution in [3.05, 3.63) is 42.5 Å². The summed E-state index contributed by atoms with van der Waals surface area (Å²) in [5.41, 5.74) is 2.53. The van der Waals surface area contributed by atoms with E-state index < -0.39 is 0 Å². The van der Waals surface area contributed by atoms with Crippen LogP contribution in [0.4, 0.5) is 5.69 Å². The lowest BCUT2D eigenvalue weighted by atomic mass is 9.98. The van der Waals surface area contributed by atoms with Crippen LogP contribution < -0.4 is 0 Å². The van der Waals surface area contributed by atoms with Crippen LogP contribution in [0.25, 0.3) is 0 Å². The Labute approximate surface area is 89.3 Å². The van der Waals surface area contributed by atoms with Gasteiger partial charge in [-0.2, -0.15) is 0 Å². The SMILES string of the molecule is C=CCCC1=Nc2ccccc2C(=O)C1. The molecule has 1 aromatic rings. The second kappa shape index (κ2) is 4.22. The highest BCUT2D eigenvalue weighted by molar-refractivity contribution is 6.15. The monoisotopic (exact) mass is 199 g/mol. The molecule has 0 N–H and O–H groups in total. The molecule has 0 unspecified atom stereocenters. The van der Waals surface area contributed by atoms with Crippen molar-refractivity contribution in [1.82, 2.24) is 0 Å². The molecule has 0 fully saturated rings. The number of ketones is 1. The number of Topliss-reactive ketones (excluding diaryl/α,β-unsaturated/α-hetero) is 1. The lowest BCUT2D eigenvalue weighted by molar-refractivity contribution is 0.0999. The third-order valence-corrected chi connectivity index (χ3v) is 2.48. The number of allylic oxidation sites excluding steroid dienone is 1. The van der Waals surface area contributed by atoms with Gasteiger partial charge in [-0.05, 0) is 25.0 Å². The average molecular weight is 199 g/mol. The van der Waals surface area contributed by atoms with Gasteiger partial charge in [0.2, 0.25) is 0 Å². The molecule has 15 heavy (non-hydrogen) atoms. The van der Waals surface area contributed by atoms with Crippen molar-refractivity contribution in [2.45, 2.75) is 19.3 Å². The summed E-state index contributed by atoms with van der Waals surface area (Å²) in [5, 5.41) is 0. The van der Waals surface area contributed by atoms with E-state index in [1.54, 1.807) is 0 Å². The molecular formula is C13H13NO. The molecule has 1 heterocycles. The van der Waals surface area contributed by atoms with Crippen LogP contribution in [0.1, 0.15) is 29.6 Å². The zero-order chi connectivity index (χ0) is 10.7. The van der Waals surface area contributed by atoms with Gasteiger partial charge in [0.15, 0.2) is 5.78 Å². The number of hydrogen-bond donors (Lipinski definition) is 0. The Morgan fingerprint density at radius 2 is 2.20 bits per heavy atom. The first-order valence-electron chi connectivity index (χ1n) is 5.11. The molecule has 2 heteroatoms. The van der Waals surface area contributed by atoms with Crippen LogP contribution in [0.3, 0.4) is 0 Å². The standard InChI is InChI=1S/C13H13NO/c1-2-3-6-10-9-13(15)11-7-4-5-8-12(11)14-10/h2,4-5,7-8H,1,3,6,9H2. The quantitative estimate of drug-likeness (QED) is 0.687. The molecule has 0 radical (unpaired) electrons. The van der Waals surface area contributed by atoms with Crippen molar-refractivity contribution in [3.8, 4) is 0 Å². The molecule has 76 valence electrons. The molecular weight excluding hydrogens is 186 g/mol. The van der Waals surface area contributed by atoms with Gasteiger partial charge >= 0.3 is 0 Å². The largest absolute Gasteiger partial charge is 0.294 e. The third-order valence-electron chi connectivity index (χ3n) is 2.48. The highest BCUT2D eigenvalue weighted by Gasteiger charge is 2.18. The van der Waals surface area contributed by atoms with Gasteiger partial charge in [-0.3, -0.25) is 9.79 Å². The second-order valence-corrected chi connectivity index (χ2v) is 3.62. The number of fused-ring (bicyclic) bond motifs is 1. The molecule has 0 bridgehead atoms. The topological polar surface area (TPSA) is 29.4 Å². The van der Waals surface area contributed by atoms with Crippen LogP contribution >= 0.6 is 0 Å². The van der Waals surface area contributed by atoms with Crippen molar-refractivity contribution in [1.29, 1.82) is 0 Å². The van der Waals surface area contributed by atoms with E-state index in [-0.39, 0.29) is 5.78 Å². The minimum Gasteiger partial charge on any atom is -0.294 e. The number of benzene rings is 1. The first kappa shape index (κ1) is 9.84. The fraction of sp³-hybridized carbons (Fsp3) is 0.231. The van der Waals surface area contributed by atoms with Crippen molar-refractivity contribution >= 4 is 17.2 Å². The predicted octanol–water partition coefficient (Wildman–Crippen LogP) is 3.31. The Balaban J connectivity index is 2.30. The van der Waals surface area contributed by atoms with Crippen LogP contribution in [0, 0.1) is 0 Å². The smallest absolute Gasteiger partial charge is 0.170 e. The Kier molecular flexibility index (Phi) is 2.77. The maximum atomic E-state index is 11.8. The van der Waals surface area contributed by atoms with Gasteiger partial charge in [-0.25, -0.2) is 0 Å². The summed E-state index contributed by atoms with van der Waals surface area (Å²) in [5.74, 6) is 0.180. The summed E-state index contributed by atoms with van der Waals surface area (Å²) in [6, 6.07) is 7.51. The van der Waals surface area contributed by atoms with Gasteiger partial charge in [0.25, 0.3) is 0 Å². The van der Waals surface area contributed by atoms with E-state index in [4.69, 9.17) is 0 Å². The predicted molar refractivity (Wildman–Crippen MR) is 61.9 cm³/mol. The summed E-state index contributed by atoms with van der Waals surface area (Å²) < 4.78 is 0. The number of rotatable bonds is 3. The van der Waals surface area contributed by atoms with Crippen molar-refractivity contribution in [3.63, 3.8) is 0 Å². The van der Waals surface area contributed by atoms with Crippen LogP contribution in [0.15, 0.2) is 41.9 Å². The van der Waals surface area contributed by atoms with E-state index in [0.717, 1.165) is 29.8 Å². The number of hydrogen-bond acceptors (Lipinski definition) is 2. The van der Waals surface area contributed by atoms with E-state index in [1.807, 2.05) is 30.3 Å². The molecule has 0 atom stereocenters. The number of carbonyl (C=O) groups excluding carboxylic acids is 1. The van der Waals surface area contributed by atoms with Crippen molar-refractivity contribution in [2.24, 2.45) is 4.99 Å². The Hall–Kier alpha value is -1.70. The summed E-state index contributed by atoms with van der Waals surface area (Å²) in [6.07, 6.45) is 4.04. The van der Waals surface area contributed by atoms with Gasteiger partial charge in [0, 0.05) is 17.7 Å². The molecule has 2 nitrogen and oxygen atoms in total. The Bertz CT molecular complexity index is 432. The summed E-state index contributed by atoms with van der Waals surface area (Å²) in [7, 11) is 0. The first-order chi connectivity index (χ1) is 7.31. The fourth-order valence-electron chi connectivity index (χ4n) is 1.71. The van der Waals surface area contributed by atoms with Gasteiger partial charge < -0.3 is 0 Å². The Morgan fingerprint density at radius 1 is 1.40 bits per heavy atom. The van der Waals surface area contributed by atoms with Crippen LogP contribution in [-0.2, 0) is 0 Å². The first-order valence-corrected chi connectivity index (χ1v) is 5.11. The summed E-state index contributed by atoms with van der Waals surface area (Å²) in [6.45, 7) is 3.67. The molecule has 0 aromatic heterocycles. The van der Waals surface area contributed by atoms with Gasteiger partial charge in [-0.1, -0.05) is 18.2 Å². The molecule has 1 aromatic carbocycles. The summed E-state index contributed by atoms with van der Waals surface area (Å²) in [4.78, 5) is 16.2. The highest BCUT2D eigenvalue weighted by atomic mass is 16.1. The molecule has 0 amide bonds. The molecule has 1 aliphatic heterocycles. The normalized spacial score (nSPS) is 14.4. The van der Waals surface area contributed by atoms with Gasteiger partial charge in [0.05, 0.1) is 5.69 Å². The average Bonchev–Trinajstić information content (AvgIpc) is 2.26. The molecule has 0 aliphatic carbocycles. The number of aliphatic imine (C=N–C) groups is 1. The molecule has 1 aliphatic rings. The van der Waals surface area contributed by atoms with Crippen LogP contribution in [0.5, 0.6) is 0 Å². The zero-order valence-electron chi connectivity index (χ0n) is 8.57. The number of carbonyl (C=O) groups is 1. The Morgan fingerprint density at radius 3 is 3.00 bits per heavy atom. The van der Waals surface area contributed by atoms with E-state index in [0.29, 0.717) is 6.42 Å². The lowest BCUT2D eigenvalue weighted by Gasteiger charge is -2.13. The molecule has 0 spiro atoms. The number of nitrogens with zero attached hydrogens (tertiary/aromatic N) is 1. The molecule has 0 saturated heterocycles. The van der Waals surface area contributed by atoms with Gasteiger partial charge in [-0.15, -0.1) is 6.58 Å².